The lowest BCUT2D eigenvalue weighted by Crippen LogP contribution is -2.29. The van der Waals surface area contributed by atoms with Crippen molar-refractivity contribution < 1.29 is 18.6 Å². The number of nitrogens with zero attached hydrogens (tertiary/aromatic N) is 1. The van der Waals surface area contributed by atoms with E-state index in [0.717, 1.165) is 31.2 Å². The van der Waals surface area contributed by atoms with Crippen LogP contribution in [0.2, 0.25) is 0 Å². The first kappa shape index (κ1) is 19.8. The number of ether oxygens (including phenoxy) is 3. The second-order valence-corrected chi connectivity index (χ2v) is 8.52. The molecule has 5 rings (SSSR count). The van der Waals surface area contributed by atoms with Crippen molar-refractivity contribution in [3.8, 4) is 23.0 Å². The van der Waals surface area contributed by atoms with Crippen LogP contribution in [0.1, 0.15) is 37.3 Å². The molecule has 1 heterocycles. The summed E-state index contributed by atoms with van der Waals surface area (Å²) in [5.41, 5.74) is 9.36. The zero-order valence-electron chi connectivity index (χ0n) is 17.7. The van der Waals surface area contributed by atoms with Crippen molar-refractivity contribution in [2.45, 2.75) is 38.1 Å². The first-order valence-corrected chi connectivity index (χ1v) is 10.5. The molecule has 2 N–H and O–H groups in total. The van der Waals surface area contributed by atoms with E-state index in [1.165, 1.54) is 5.57 Å². The van der Waals surface area contributed by atoms with Gasteiger partial charge in [0.25, 0.3) is 0 Å². The Balaban J connectivity index is 1.50. The van der Waals surface area contributed by atoms with Crippen molar-refractivity contribution in [3.63, 3.8) is 0 Å². The molecule has 2 aliphatic carbocycles. The Labute approximate surface area is 180 Å². The van der Waals surface area contributed by atoms with Crippen LogP contribution in [0.15, 0.2) is 42.1 Å². The van der Waals surface area contributed by atoms with E-state index >= 15 is 4.39 Å². The number of methoxy groups -OCH3 is 1. The molecular formula is C25H25FN2O3. The summed E-state index contributed by atoms with van der Waals surface area (Å²) in [5, 5.41) is 0.712. The Bertz CT molecular complexity index is 1200. The number of benzene rings is 2. The molecule has 0 aliphatic heterocycles. The van der Waals surface area contributed by atoms with Crippen LogP contribution in [-0.4, -0.2) is 24.2 Å². The molecule has 31 heavy (non-hydrogen) atoms. The van der Waals surface area contributed by atoms with E-state index in [2.05, 4.69) is 4.98 Å². The summed E-state index contributed by atoms with van der Waals surface area (Å²) in [6.07, 6.45) is 7.26. The molecule has 0 spiro atoms. The van der Waals surface area contributed by atoms with Crippen LogP contribution in [0, 0.1) is 5.82 Å². The molecule has 0 saturated heterocycles. The predicted octanol–water partition coefficient (Wildman–Crippen LogP) is 5.39. The van der Waals surface area contributed by atoms with Crippen LogP contribution in [0.3, 0.4) is 0 Å². The Morgan fingerprint density at radius 1 is 1.06 bits per heavy atom. The first-order chi connectivity index (χ1) is 15.0. The minimum absolute atomic E-state index is 0.190. The molecule has 5 nitrogen and oxygen atoms in total. The normalized spacial score (nSPS) is 16.5. The minimum Gasteiger partial charge on any atom is -0.493 e. The standard InChI is InChI=1S/C25H25FN2O3/c1-15-3-4-16-5-6-21(24(26)17(16)11-15)31-20-7-10-28-19-13-23(22(29-2)12-18(19)20)30-14-25(27)8-9-25/h5-7,10-13H,3-4,8-9,14,27H2,1-2H3. The van der Waals surface area contributed by atoms with Crippen molar-refractivity contribution in [1.29, 1.82) is 0 Å². The van der Waals surface area contributed by atoms with E-state index in [1.807, 2.05) is 31.2 Å². The highest BCUT2D eigenvalue weighted by atomic mass is 19.1. The number of hydrogen-bond acceptors (Lipinski definition) is 5. The Morgan fingerprint density at radius 3 is 2.68 bits per heavy atom. The van der Waals surface area contributed by atoms with E-state index in [4.69, 9.17) is 19.9 Å². The lowest BCUT2D eigenvalue weighted by Gasteiger charge is -2.18. The van der Waals surface area contributed by atoms with Gasteiger partial charge in [-0.05, 0) is 56.4 Å². The largest absolute Gasteiger partial charge is 0.493 e. The second-order valence-electron chi connectivity index (χ2n) is 8.52. The van der Waals surface area contributed by atoms with Gasteiger partial charge in [0, 0.05) is 23.2 Å². The molecule has 2 aliphatic rings. The average Bonchev–Trinajstić information content (AvgIpc) is 3.51. The van der Waals surface area contributed by atoms with Gasteiger partial charge in [-0.15, -0.1) is 0 Å². The fraction of sp³-hybridized carbons (Fsp3) is 0.320. The van der Waals surface area contributed by atoms with E-state index in [1.54, 1.807) is 25.4 Å². The van der Waals surface area contributed by atoms with Crippen LogP contribution in [0.4, 0.5) is 4.39 Å². The maximum absolute atomic E-state index is 15.2. The summed E-state index contributed by atoms with van der Waals surface area (Å²) in [5.74, 6) is 1.49. The predicted molar refractivity (Wildman–Crippen MR) is 118 cm³/mol. The molecule has 3 aromatic rings. The van der Waals surface area contributed by atoms with Gasteiger partial charge in [-0.1, -0.05) is 17.7 Å². The molecule has 0 unspecified atom stereocenters. The summed E-state index contributed by atoms with van der Waals surface area (Å²) in [4.78, 5) is 4.43. The van der Waals surface area contributed by atoms with Crippen molar-refractivity contribution in [2.24, 2.45) is 5.73 Å². The van der Waals surface area contributed by atoms with Gasteiger partial charge in [0.2, 0.25) is 0 Å². The van der Waals surface area contributed by atoms with Gasteiger partial charge in [0.1, 0.15) is 12.4 Å². The van der Waals surface area contributed by atoms with Crippen molar-refractivity contribution in [1.82, 2.24) is 4.98 Å². The molecule has 1 fully saturated rings. The molecule has 0 radical (unpaired) electrons. The number of aryl methyl sites for hydroxylation is 1. The van der Waals surface area contributed by atoms with Crippen molar-refractivity contribution in [3.05, 3.63) is 59.0 Å². The van der Waals surface area contributed by atoms with Crippen LogP contribution in [-0.2, 0) is 6.42 Å². The number of hydrogen-bond donors (Lipinski definition) is 1. The lowest BCUT2D eigenvalue weighted by molar-refractivity contribution is 0.264. The molecule has 6 heteroatoms. The monoisotopic (exact) mass is 420 g/mol. The molecule has 0 atom stereocenters. The van der Waals surface area contributed by atoms with E-state index in [0.29, 0.717) is 40.3 Å². The molecule has 1 saturated carbocycles. The fourth-order valence-electron chi connectivity index (χ4n) is 3.85. The smallest absolute Gasteiger partial charge is 0.173 e. The third-order valence-electron chi connectivity index (χ3n) is 6.03. The molecule has 2 aromatic carbocycles. The zero-order chi connectivity index (χ0) is 21.6. The SMILES string of the molecule is COc1cc2c(Oc3ccc4c(c3F)C=C(C)CC4)ccnc2cc1OCC1(N)CC1. The molecule has 0 amide bonds. The fourth-order valence-corrected chi connectivity index (χ4v) is 3.85. The maximum atomic E-state index is 15.2. The van der Waals surface area contributed by atoms with E-state index < -0.39 is 0 Å². The van der Waals surface area contributed by atoms with E-state index in [9.17, 15) is 0 Å². The van der Waals surface area contributed by atoms with Gasteiger partial charge in [0.15, 0.2) is 23.1 Å². The number of aromatic nitrogens is 1. The van der Waals surface area contributed by atoms with Gasteiger partial charge >= 0.3 is 0 Å². The topological polar surface area (TPSA) is 66.6 Å². The highest BCUT2D eigenvalue weighted by Gasteiger charge is 2.39. The van der Waals surface area contributed by atoms with Gasteiger partial charge in [-0.25, -0.2) is 4.39 Å². The number of pyridine rings is 1. The highest BCUT2D eigenvalue weighted by Crippen LogP contribution is 2.40. The Morgan fingerprint density at radius 2 is 1.90 bits per heavy atom. The summed E-state index contributed by atoms with van der Waals surface area (Å²) in [6.45, 7) is 2.45. The number of nitrogens with two attached hydrogens (primary N) is 1. The number of rotatable bonds is 6. The molecule has 160 valence electrons. The van der Waals surface area contributed by atoms with Crippen LogP contribution < -0.4 is 19.9 Å². The minimum atomic E-state index is -0.342. The maximum Gasteiger partial charge on any atom is 0.173 e. The van der Waals surface area contributed by atoms with Crippen molar-refractivity contribution >= 4 is 17.0 Å². The van der Waals surface area contributed by atoms with Crippen LogP contribution >= 0.6 is 0 Å². The Hall–Kier alpha value is -3.12. The van der Waals surface area contributed by atoms with Gasteiger partial charge in [-0.2, -0.15) is 0 Å². The van der Waals surface area contributed by atoms with Gasteiger partial charge in [0.05, 0.1) is 18.2 Å². The lowest BCUT2D eigenvalue weighted by atomic mass is 9.92. The quantitative estimate of drug-likeness (QED) is 0.579. The molecular weight excluding hydrogens is 395 g/mol. The summed E-state index contributed by atoms with van der Waals surface area (Å²) in [7, 11) is 1.58. The highest BCUT2D eigenvalue weighted by molar-refractivity contribution is 5.88. The summed E-state index contributed by atoms with van der Waals surface area (Å²) >= 11 is 0. The second kappa shape index (κ2) is 7.54. The number of halogens is 1. The summed E-state index contributed by atoms with van der Waals surface area (Å²) < 4.78 is 32.7. The number of fused-ring (bicyclic) bond motifs is 2. The van der Waals surface area contributed by atoms with Crippen molar-refractivity contribution in [2.75, 3.05) is 13.7 Å². The van der Waals surface area contributed by atoms with Crippen LogP contribution in [0.25, 0.3) is 17.0 Å². The molecule has 1 aromatic heterocycles. The number of allylic oxidation sites excluding steroid dienone is 1. The van der Waals surface area contributed by atoms with E-state index in [-0.39, 0.29) is 17.1 Å². The third kappa shape index (κ3) is 3.83. The zero-order valence-corrected chi connectivity index (χ0v) is 17.7. The van der Waals surface area contributed by atoms with Gasteiger partial charge in [-0.3, -0.25) is 4.98 Å². The molecule has 0 bridgehead atoms. The summed E-state index contributed by atoms with van der Waals surface area (Å²) in [6, 6.07) is 8.97. The van der Waals surface area contributed by atoms with Gasteiger partial charge < -0.3 is 19.9 Å². The average molecular weight is 420 g/mol. The Kier molecular flexibility index (Phi) is 4.82. The first-order valence-electron chi connectivity index (χ1n) is 10.5. The van der Waals surface area contributed by atoms with Crippen LogP contribution in [0.5, 0.6) is 23.0 Å². The third-order valence-corrected chi connectivity index (χ3v) is 6.03.